The second kappa shape index (κ2) is 3.37. The van der Waals surface area contributed by atoms with Crippen LogP contribution in [-0.2, 0) is 10.1 Å². The van der Waals surface area contributed by atoms with E-state index in [-0.39, 0.29) is 0 Å². The van der Waals surface area contributed by atoms with Gasteiger partial charge in [0.1, 0.15) is 10.1 Å². The van der Waals surface area contributed by atoms with Gasteiger partial charge in [-0.2, -0.15) is 0 Å². The molecule has 0 radical (unpaired) electrons. The highest BCUT2D eigenvalue weighted by Gasteiger charge is 2.14. The Kier molecular flexibility index (Phi) is 2.51. The van der Waals surface area contributed by atoms with Gasteiger partial charge >= 0.3 is 0 Å². The summed E-state index contributed by atoms with van der Waals surface area (Å²) in [6.07, 6.45) is 0. The van der Waals surface area contributed by atoms with Gasteiger partial charge in [0.15, 0.2) is 0 Å². The van der Waals surface area contributed by atoms with Crippen LogP contribution >= 0.6 is 0 Å². The van der Waals surface area contributed by atoms with E-state index in [0.717, 1.165) is 0 Å². The minimum Gasteiger partial charge on any atom is -0.866 e. The van der Waals surface area contributed by atoms with Crippen molar-refractivity contribution < 1.29 is 23.0 Å². The molecular weight excluding hydrogens is 228 g/mol. The van der Waals surface area contributed by atoms with Crippen molar-refractivity contribution in [3.8, 4) is 5.75 Å². The molecule has 1 aromatic rings. The highest BCUT2D eigenvalue weighted by atomic mass is 32.2. The largest absolute Gasteiger partial charge is 0.866 e. The van der Waals surface area contributed by atoms with Gasteiger partial charge < -0.3 is 15.4 Å². The minimum atomic E-state index is -4.87. The van der Waals surface area contributed by atoms with Gasteiger partial charge in [0, 0.05) is 11.8 Å². The molecule has 9 heteroatoms. The second-order valence-corrected chi connectivity index (χ2v) is 3.95. The molecule has 0 bridgehead atoms. The fraction of sp³-hybridized carbons (Fsp3) is 0. The van der Waals surface area contributed by atoms with Crippen molar-refractivity contribution in [3.63, 3.8) is 0 Å². The first-order chi connectivity index (χ1) is 6.73. The number of nitrogen functional groups attached to an aromatic ring is 1. The topological polar surface area (TPSA) is 149 Å². The maximum atomic E-state index is 11.0. The van der Waals surface area contributed by atoms with Gasteiger partial charge in [-0.1, -0.05) is 0 Å². The predicted octanol–water partition coefficient (Wildman–Crippen LogP) is -0.845. The Morgan fingerprint density at radius 1 is 1.33 bits per heavy atom. The van der Waals surface area contributed by atoms with E-state index in [4.69, 9.17) is 5.73 Å². The number of rotatable bonds is 2. The van der Waals surface area contributed by atoms with Crippen molar-refractivity contribution in [2.75, 3.05) is 5.73 Å². The Morgan fingerprint density at radius 2 is 1.87 bits per heavy atom. The van der Waals surface area contributed by atoms with E-state index in [1.54, 1.807) is 0 Å². The number of nitrogens with two attached hydrogens (primary N) is 1. The Bertz CT molecular complexity index is 523. The molecular formula is C6H4N2O6S-2. The lowest BCUT2D eigenvalue weighted by Gasteiger charge is -2.13. The van der Waals surface area contributed by atoms with Gasteiger partial charge in [0.2, 0.25) is 0 Å². The molecule has 0 spiro atoms. The fourth-order valence-electron chi connectivity index (χ4n) is 0.889. The third kappa shape index (κ3) is 2.14. The standard InChI is InChI=1S/C6H6N2O6S/c7-4-1-3(15(12,13)14)2-5(6(4)9)8(10)11/h1-2,9H,7H2,(H,12,13,14)/p-2. The summed E-state index contributed by atoms with van der Waals surface area (Å²) in [4.78, 5) is 8.31. The number of hydrogen-bond donors (Lipinski definition) is 1. The Hall–Kier alpha value is -1.87. The van der Waals surface area contributed by atoms with Crippen LogP contribution in [0.3, 0.4) is 0 Å². The number of nitro benzene ring substituents is 1. The third-order valence-electron chi connectivity index (χ3n) is 1.56. The SMILES string of the molecule is Nc1cc(S(=O)(=O)[O-])cc([N+](=O)[O-])c1[O-]. The molecule has 0 amide bonds. The molecule has 0 saturated heterocycles. The lowest BCUT2D eigenvalue weighted by Crippen LogP contribution is -2.06. The van der Waals surface area contributed by atoms with E-state index in [1.165, 1.54) is 0 Å². The number of nitrogens with zero attached hydrogens (tertiary/aromatic N) is 1. The molecule has 1 rings (SSSR count). The van der Waals surface area contributed by atoms with Gasteiger partial charge in [-0.05, 0) is 11.8 Å². The van der Waals surface area contributed by atoms with Crippen LogP contribution in [0.1, 0.15) is 0 Å². The summed E-state index contributed by atoms with van der Waals surface area (Å²) in [5, 5.41) is 21.3. The van der Waals surface area contributed by atoms with Crippen LogP contribution in [0.4, 0.5) is 11.4 Å². The van der Waals surface area contributed by atoms with Gasteiger partial charge in [-0.15, -0.1) is 0 Å². The van der Waals surface area contributed by atoms with E-state index in [0.29, 0.717) is 12.1 Å². The summed E-state index contributed by atoms with van der Waals surface area (Å²) in [6, 6.07) is 0.985. The van der Waals surface area contributed by atoms with Gasteiger partial charge in [0.05, 0.1) is 9.82 Å². The molecule has 0 aliphatic heterocycles. The number of benzene rings is 1. The van der Waals surface area contributed by atoms with Crippen molar-refractivity contribution in [1.82, 2.24) is 0 Å². The van der Waals surface area contributed by atoms with Crippen molar-refractivity contribution >= 4 is 21.5 Å². The second-order valence-electron chi connectivity index (χ2n) is 2.57. The zero-order valence-electron chi connectivity index (χ0n) is 7.04. The quantitative estimate of drug-likeness (QED) is 0.302. The summed E-state index contributed by atoms with van der Waals surface area (Å²) in [5.41, 5.74) is 3.34. The Labute approximate surface area is 83.8 Å². The summed E-state index contributed by atoms with van der Waals surface area (Å²) >= 11 is 0. The lowest BCUT2D eigenvalue weighted by atomic mass is 10.2. The minimum absolute atomic E-state index is 0.390. The predicted molar refractivity (Wildman–Crippen MR) is 44.9 cm³/mol. The molecule has 2 N–H and O–H groups in total. The van der Waals surface area contributed by atoms with Crippen LogP contribution in [-0.4, -0.2) is 17.9 Å². The van der Waals surface area contributed by atoms with Gasteiger partial charge in [-0.3, -0.25) is 10.1 Å². The molecule has 0 aliphatic rings. The monoisotopic (exact) mass is 232 g/mol. The average Bonchev–Trinajstić information content (AvgIpc) is 2.06. The first-order valence-electron chi connectivity index (χ1n) is 3.44. The zero-order valence-corrected chi connectivity index (χ0v) is 7.85. The normalized spacial score (nSPS) is 11.3. The third-order valence-corrected chi connectivity index (χ3v) is 2.37. The molecule has 0 unspecified atom stereocenters. The highest BCUT2D eigenvalue weighted by molar-refractivity contribution is 7.85. The average molecular weight is 232 g/mol. The molecule has 82 valence electrons. The van der Waals surface area contributed by atoms with E-state index in [9.17, 15) is 28.2 Å². The molecule has 0 aromatic heterocycles. The van der Waals surface area contributed by atoms with Crippen LogP contribution in [0.5, 0.6) is 5.75 Å². The van der Waals surface area contributed by atoms with E-state index >= 15 is 0 Å². The van der Waals surface area contributed by atoms with E-state index in [2.05, 4.69) is 0 Å². The van der Waals surface area contributed by atoms with E-state index < -0.39 is 37.1 Å². The first kappa shape index (κ1) is 11.2. The van der Waals surface area contributed by atoms with Crippen LogP contribution < -0.4 is 10.8 Å². The van der Waals surface area contributed by atoms with Gasteiger partial charge in [-0.25, -0.2) is 8.42 Å². The molecule has 0 fully saturated rings. The van der Waals surface area contributed by atoms with Crippen LogP contribution in [0, 0.1) is 10.1 Å². The van der Waals surface area contributed by atoms with Crippen molar-refractivity contribution in [1.29, 1.82) is 0 Å². The lowest BCUT2D eigenvalue weighted by molar-refractivity contribution is -0.398. The molecule has 1 aromatic carbocycles. The Balaban J connectivity index is 3.57. The molecule has 15 heavy (non-hydrogen) atoms. The van der Waals surface area contributed by atoms with Crippen LogP contribution in [0.25, 0.3) is 0 Å². The van der Waals surface area contributed by atoms with Gasteiger partial charge in [0.25, 0.3) is 5.69 Å². The first-order valence-corrected chi connectivity index (χ1v) is 4.85. The van der Waals surface area contributed by atoms with Crippen molar-refractivity contribution in [2.45, 2.75) is 4.90 Å². The molecule has 0 aliphatic carbocycles. The van der Waals surface area contributed by atoms with Crippen LogP contribution in [0.15, 0.2) is 17.0 Å². The summed E-state index contributed by atoms with van der Waals surface area (Å²) in [6.45, 7) is 0. The zero-order chi connectivity index (χ0) is 11.8. The maximum Gasteiger partial charge on any atom is 0.265 e. The Morgan fingerprint density at radius 3 is 2.27 bits per heavy atom. The molecule has 8 nitrogen and oxygen atoms in total. The highest BCUT2D eigenvalue weighted by Crippen LogP contribution is 2.32. The fourth-order valence-corrected chi connectivity index (χ4v) is 1.42. The molecule has 0 saturated carbocycles. The number of hydrogen-bond acceptors (Lipinski definition) is 7. The maximum absolute atomic E-state index is 11.0. The smallest absolute Gasteiger partial charge is 0.265 e. The summed E-state index contributed by atoms with van der Waals surface area (Å²) in [5.74, 6) is -1.12. The van der Waals surface area contributed by atoms with Crippen molar-refractivity contribution in [2.24, 2.45) is 0 Å². The summed E-state index contributed by atoms with van der Waals surface area (Å²) in [7, 11) is -4.87. The van der Waals surface area contributed by atoms with Crippen molar-refractivity contribution in [3.05, 3.63) is 22.2 Å². The number of anilines is 1. The number of nitro groups is 1. The van der Waals surface area contributed by atoms with Crippen LogP contribution in [0.2, 0.25) is 0 Å². The summed E-state index contributed by atoms with van der Waals surface area (Å²) < 4.78 is 31.6. The molecule has 0 atom stereocenters. The van der Waals surface area contributed by atoms with E-state index in [1.807, 2.05) is 0 Å². The molecule has 0 heterocycles.